The normalized spacial score (nSPS) is 12.4. The van der Waals surface area contributed by atoms with E-state index < -0.39 is 0 Å². The van der Waals surface area contributed by atoms with E-state index in [0.29, 0.717) is 5.22 Å². The van der Waals surface area contributed by atoms with Gasteiger partial charge in [-0.25, -0.2) is 0 Å². The van der Waals surface area contributed by atoms with E-state index >= 15 is 0 Å². The minimum absolute atomic E-state index is 0.0366. The van der Waals surface area contributed by atoms with Gasteiger partial charge >= 0.3 is 0 Å². The summed E-state index contributed by atoms with van der Waals surface area (Å²) in [6.07, 6.45) is 2.66. The maximum absolute atomic E-state index is 6.18. The average molecular weight is 308 g/mol. The molecule has 1 unspecified atom stereocenters. The summed E-state index contributed by atoms with van der Waals surface area (Å²) < 4.78 is 10.9. The number of aryl methyl sites for hydroxylation is 1. The van der Waals surface area contributed by atoms with Crippen LogP contribution in [0.1, 0.15) is 41.6 Å². The van der Waals surface area contributed by atoms with Gasteiger partial charge in [-0.1, -0.05) is 19.1 Å². The zero-order chi connectivity index (χ0) is 15.4. The molecule has 4 heteroatoms. The van der Waals surface area contributed by atoms with Crippen LogP contribution >= 0.6 is 11.6 Å². The number of methoxy groups -OCH3 is 1. The Morgan fingerprint density at radius 2 is 2.00 bits per heavy atom. The van der Waals surface area contributed by atoms with Gasteiger partial charge in [-0.05, 0) is 55.6 Å². The Morgan fingerprint density at radius 1 is 1.24 bits per heavy atom. The standard InChI is InChI=1S/C17H22ClNO2/c1-5-9-19-15(14-8-10-21-17(14)18)13-7-6-11(2)12(3)16(13)20-4/h6-8,10,15,19H,5,9H2,1-4H3. The van der Waals surface area contributed by atoms with Crippen LogP contribution in [0.15, 0.2) is 28.9 Å². The van der Waals surface area contributed by atoms with Crippen molar-refractivity contribution in [2.24, 2.45) is 0 Å². The number of hydrogen-bond donors (Lipinski definition) is 1. The number of rotatable bonds is 6. The molecule has 0 saturated heterocycles. The van der Waals surface area contributed by atoms with Crippen LogP contribution in [0.4, 0.5) is 0 Å². The maximum Gasteiger partial charge on any atom is 0.198 e. The predicted molar refractivity (Wildman–Crippen MR) is 86.3 cm³/mol. The molecule has 0 spiro atoms. The van der Waals surface area contributed by atoms with E-state index in [4.69, 9.17) is 20.8 Å². The molecule has 1 aromatic carbocycles. The van der Waals surface area contributed by atoms with Crippen molar-refractivity contribution in [3.05, 3.63) is 51.9 Å². The van der Waals surface area contributed by atoms with Crippen LogP contribution in [0.5, 0.6) is 5.75 Å². The Balaban J connectivity index is 2.51. The Kier molecular flexibility index (Phi) is 5.32. The lowest BCUT2D eigenvalue weighted by atomic mass is 9.95. The van der Waals surface area contributed by atoms with E-state index in [1.807, 2.05) is 6.07 Å². The predicted octanol–water partition coefficient (Wildman–Crippen LogP) is 4.65. The van der Waals surface area contributed by atoms with E-state index in [0.717, 1.165) is 35.4 Å². The summed E-state index contributed by atoms with van der Waals surface area (Å²) >= 11 is 6.18. The van der Waals surface area contributed by atoms with Crippen molar-refractivity contribution >= 4 is 11.6 Å². The molecule has 0 aliphatic carbocycles. The van der Waals surface area contributed by atoms with E-state index in [2.05, 4.69) is 38.2 Å². The molecule has 1 aromatic heterocycles. The second kappa shape index (κ2) is 7.01. The van der Waals surface area contributed by atoms with Crippen molar-refractivity contribution in [3.8, 4) is 5.75 Å². The SMILES string of the molecule is CCCNC(c1ccoc1Cl)c1ccc(C)c(C)c1OC. The number of benzene rings is 1. The second-order valence-electron chi connectivity index (χ2n) is 5.17. The van der Waals surface area contributed by atoms with Crippen molar-refractivity contribution in [3.63, 3.8) is 0 Å². The van der Waals surface area contributed by atoms with Gasteiger partial charge in [0.1, 0.15) is 5.75 Å². The summed E-state index contributed by atoms with van der Waals surface area (Å²) in [5, 5.41) is 3.95. The summed E-state index contributed by atoms with van der Waals surface area (Å²) in [4.78, 5) is 0. The summed E-state index contributed by atoms with van der Waals surface area (Å²) in [6.45, 7) is 7.19. The van der Waals surface area contributed by atoms with Crippen molar-refractivity contribution in [1.29, 1.82) is 0 Å². The van der Waals surface area contributed by atoms with Gasteiger partial charge in [0.2, 0.25) is 0 Å². The Hall–Kier alpha value is -1.45. The number of halogens is 1. The molecular weight excluding hydrogens is 286 g/mol. The summed E-state index contributed by atoms with van der Waals surface area (Å²) in [7, 11) is 1.71. The summed E-state index contributed by atoms with van der Waals surface area (Å²) in [6, 6.07) is 6.08. The lowest BCUT2D eigenvalue weighted by Gasteiger charge is -2.22. The van der Waals surface area contributed by atoms with Crippen LogP contribution in [0, 0.1) is 13.8 Å². The monoisotopic (exact) mass is 307 g/mol. The lowest BCUT2D eigenvalue weighted by Crippen LogP contribution is -2.24. The van der Waals surface area contributed by atoms with Gasteiger partial charge in [-0.3, -0.25) is 0 Å². The first-order chi connectivity index (χ1) is 10.1. The first kappa shape index (κ1) is 15.9. The molecule has 1 N–H and O–H groups in total. The van der Waals surface area contributed by atoms with E-state index in [-0.39, 0.29) is 6.04 Å². The Bertz CT molecular complexity index is 607. The van der Waals surface area contributed by atoms with Gasteiger partial charge in [-0.15, -0.1) is 0 Å². The topological polar surface area (TPSA) is 34.4 Å². The van der Waals surface area contributed by atoms with Crippen molar-refractivity contribution in [2.75, 3.05) is 13.7 Å². The molecule has 2 rings (SSSR count). The molecule has 0 radical (unpaired) electrons. The van der Waals surface area contributed by atoms with E-state index in [1.54, 1.807) is 13.4 Å². The highest BCUT2D eigenvalue weighted by atomic mass is 35.5. The van der Waals surface area contributed by atoms with E-state index in [9.17, 15) is 0 Å². The van der Waals surface area contributed by atoms with Crippen molar-refractivity contribution < 1.29 is 9.15 Å². The van der Waals surface area contributed by atoms with Crippen LogP contribution in [-0.2, 0) is 0 Å². The molecule has 1 heterocycles. The fraction of sp³-hybridized carbons (Fsp3) is 0.412. The van der Waals surface area contributed by atoms with Crippen molar-refractivity contribution in [2.45, 2.75) is 33.2 Å². The number of furan rings is 1. The molecule has 0 saturated carbocycles. The minimum Gasteiger partial charge on any atom is -0.496 e. The van der Waals surface area contributed by atoms with Gasteiger partial charge in [0.15, 0.2) is 5.22 Å². The maximum atomic E-state index is 6.18. The average Bonchev–Trinajstić information content (AvgIpc) is 2.89. The molecule has 114 valence electrons. The highest BCUT2D eigenvalue weighted by Gasteiger charge is 2.23. The van der Waals surface area contributed by atoms with Gasteiger partial charge < -0.3 is 14.5 Å². The highest BCUT2D eigenvalue weighted by Crippen LogP contribution is 2.36. The minimum atomic E-state index is -0.0366. The molecular formula is C17H22ClNO2. The van der Waals surface area contributed by atoms with Crippen LogP contribution in [0.25, 0.3) is 0 Å². The first-order valence-electron chi connectivity index (χ1n) is 7.20. The Morgan fingerprint density at radius 3 is 2.57 bits per heavy atom. The van der Waals surface area contributed by atoms with Gasteiger partial charge in [-0.2, -0.15) is 0 Å². The molecule has 3 nitrogen and oxygen atoms in total. The lowest BCUT2D eigenvalue weighted by molar-refractivity contribution is 0.400. The Labute approximate surface area is 131 Å². The van der Waals surface area contributed by atoms with Gasteiger partial charge in [0.25, 0.3) is 0 Å². The fourth-order valence-corrected chi connectivity index (χ4v) is 2.72. The van der Waals surface area contributed by atoms with Crippen LogP contribution < -0.4 is 10.1 Å². The second-order valence-corrected chi connectivity index (χ2v) is 5.51. The summed E-state index contributed by atoms with van der Waals surface area (Å²) in [5.41, 5.74) is 4.38. The van der Waals surface area contributed by atoms with Gasteiger partial charge in [0.05, 0.1) is 19.4 Å². The largest absolute Gasteiger partial charge is 0.496 e. The third kappa shape index (κ3) is 3.25. The zero-order valence-corrected chi connectivity index (χ0v) is 13.8. The quantitative estimate of drug-likeness (QED) is 0.843. The molecule has 1 atom stereocenters. The third-order valence-electron chi connectivity index (χ3n) is 3.78. The van der Waals surface area contributed by atoms with Gasteiger partial charge in [0, 0.05) is 11.1 Å². The van der Waals surface area contributed by atoms with Crippen LogP contribution in [0.3, 0.4) is 0 Å². The van der Waals surface area contributed by atoms with E-state index in [1.165, 1.54) is 5.56 Å². The fourth-order valence-electron chi connectivity index (χ4n) is 2.50. The zero-order valence-electron chi connectivity index (χ0n) is 13.0. The van der Waals surface area contributed by atoms with Crippen LogP contribution in [0.2, 0.25) is 5.22 Å². The molecule has 0 aliphatic rings. The summed E-state index contributed by atoms with van der Waals surface area (Å²) in [5.74, 6) is 0.904. The molecule has 0 amide bonds. The van der Waals surface area contributed by atoms with Crippen LogP contribution in [-0.4, -0.2) is 13.7 Å². The molecule has 21 heavy (non-hydrogen) atoms. The molecule has 2 aromatic rings. The number of nitrogens with one attached hydrogen (secondary N) is 1. The number of hydrogen-bond acceptors (Lipinski definition) is 3. The highest BCUT2D eigenvalue weighted by molar-refractivity contribution is 6.29. The third-order valence-corrected chi connectivity index (χ3v) is 4.09. The molecule has 0 bridgehead atoms. The number of ether oxygens (including phenoxy) is 1. The van der Waals surface area contributed by atoms with Crippen molar-refractivity contribution in [1.82, 2.24) is 5.32 Å². The molecule has 0 fully saturated rings. The molecule has 0 aliphatic heterocycles. The smallest absolute Gasteiger partial charge is 0.198 e. The first-order valence-corrected chi connectivity index (χ1v) is 7.58.